The Morgan fingerprint density at radius 2 is 2.09 bits per heavy atom. The maximum absolute atomic E-state index is 12.8. The van der Waals surface area contributed by atoms with Gasteiger partial charge < -0.3 is 4.90 Å². The van der Waals surface area contributed by atoms with Gasteiger partial charge in [0.15, 0.2) is 5.78 Å². The summed E-state index contributed by atoms with van der Waals surface area (Å²) >= 11 is 0. The van der Waals surface area contributed by atoms with Gasteiger partial charge in [0, 0.05) is 18.5 Å². The number of allylic oxidation sites excluding steroid dienone is 1. The molecule has 1 saturated carbocycles. The van der Waals surface area contributed by atoms with Gasteiger partial charge in [-0.15, -0.1) is 0 Å². The van der Waals surface area contributed by atoms with Gasteiger partial charge in [0.05, 0.1) is 6.04 Å². The van der Waals surface area contributed by atoms with Crippen LogP contribution in [-0.4, -0.2) is 22.6 Å². The number of amides is 1. The topological polar surface area (TPSA) is 37.4 Å². The number of Topliss-reactive ketones (excluding diaryl/α,β-unsaturated/α-hetero) is 1. The first-order valence-electron chi connectivity index (χ1n) is 8.58. The normalized spacial score (nSPS) is 21.8. The number of hydrogen-bond donors (Lipinski definition) is 0. The van der Waals surface area contributed by atoms with E-state index < -0.39 is 0 Å². The summed E-state index contributed by atoms with van der Waals surface area (Å²) in [5.41, 5.74) is 4.17. The van der Waals surface area contributed by atoms with Crippen LogP contribution in [0.3, 0.4) is 0 Å². The average molecular weight is 311 g/mol. The number of fused-ring (bicyclic) bond motifs is 1. The van der Waals surface area contributed by atoms with Gasteiger partial charge >= 0.3 is 0 Å². The number of ketones is 1. The van der Waals surface area contributed by atoms with Gasteiger partial charge in [-0.25, -0.2) is 0 Å². The predicted octanol–water partition coefficient (Wildman–Crippen LogP) is 3.91. The standard InChI is InChI=1S/C20H25NO2/c1-13(2)10-15-7-5-8-16-17(15)12-21(20(16)23)18-9-4-6-14(3)11-19(18)22/h5,7-8,13,18H,3-4,6,9-12H2,1-2H3/t18-/m0/s1. The van der Waals surface area contributed by atoms with E-state index in [1.54, 1.807) is 4.90 Å². The van der Waals surface area contributed by atoms with Crippen molar-refractivity contribution in [2.45, 2.75) is 58.5 Å². The number of rotatable bonds is 3. The van der Waals surface area contributed by atoms with E-state index in [0.717, 1.165) is 42.4 Å². The van der Waals surface area contributed by atoms with Crippen LogP contribution in [0.25, 0.3) is 0 Å². The zero-order valence-electron chi connectivity index (χ0n) is 14.1. The molecule has 2 aliphatic rings. The molecule has 1 amide bonds. The quantitative estimate of drug-likeness (QED) is 0.627. The molecule has 3 nitrogen and oxygen atoms in total. The van der Waals surface area contributed by atoms with Crippen molar-refractivity contribution >= 4 is 11.7 Å². The molecule has 0 unspecified atom stereocenters. The summed E-state index contributed by atoms with van der Waals surface area (Å²) < 4.78 is 0. The van der Waals surface area contributed by atoms with E-state index in [1.807, 2.05) is 12.1 Å². The minimum Gasteiger partial charge on any atom is -0.324 e. The summed E-state index contributed by atoms with van der Waals surface area (Å²) in [5.74, 6) is 0.726. The lowest BCUT2D eigenvalue weighted by Gasteiger charge is -2.25. The summed E-state index contributed by atoms with van der Waals surface area (Å²) in [6, 6.07) is 5.71. The van der Waals surface area contributed by atoms with Crippen molar-refractivity contribution in [2.24, 2.45) is 5.92 Å². The Bertz CT molecular complexity index is 660. The van der Waals surface area contributed by atoms with Gasteiger partial charge in [-0.1, -0.05) is 38.1 Å². The molecule has 1 aromatic rings. The lowest BCUT2D eigenvalue weighted by atomic mass is 9.96. The summed E-state index contributed by atoms with van der Waals surface area (Å²) in [7, 11) is 0. The smallest absolute Gasteiger partial charge is 0.255 e. The second-order valence-electron chi connectivity index (χ2n) is 7.28. The van der Waals surface area contributed by atoms with Crippen LogP contribution >= 0.6 is 0 Å². The largest absolute Gasteiger partial charge is 0.324 e. The highest BCUT2D eigenvalue weighted by Gasteiger charge is 2.37. The lowest BCUT2D eigenvalue weighted by molar-refractivity contribution is -0.122. The van der Waals surface area contributed by atoms with Crippen LogP contribution in [0.5, 0.6) is 0 Å². The molecule has 3 heteroatoms. The van der Waals surface area contributed by atoms with Crippen molar-refractivity contribution in [3.63, 3.8) is 0 Å². The molecule has 0 bridgehead atoms. The van der Waals surface area contributed by atoms with Crippen LogP contribution in [0.4, 0.5) is 0 Å². The van der Waals surface area contributed by atoms with E-state index in [4.69, 9.17) is 0 Å². The fraction of sp³-hybridized carbons (Fsp3) is 0.500. The highest BCUT2D eigenvalue weighted by Crippen LogP contribution is 2.32. The number of hydrogen-bond acceptors (Lipinski definition) is 2. The zero-order valence-corrected chi connectivity index (χ0v) is 14.1. The molecule has 1 aromatic carbocycles. The van der Waals surface area contributed by atoms with E-state index in [9.17, 15) is 9.59 Å². The fourth-order valence-corrected chi connectivity index (χ4v) is 3.79. The van der Waals surface area contributed by atoms with E-state index in [1.165, 1.54) is 5.56 Å². The second-order valence-corrected chi connectivity index (χ2v) is 7.28. The van der Waals surface area contributed by atoms with E-state index >= 15 is 0 Å². The fourth-order valence-electron chi connectivity index (χ4n) is 3.79. The van der Waals surface area contributed by atoms with Gasteiger partial charge in [-0.2, -0.15) is 0 Å². The maximum Gasteiger partial charge on any atom is 0.255 e. The lowest BCUT2D eigenvalue weighted by Crippen LogP contribution is -2.40. The number of carbonyl (C=O) groups is 2. The Morgan fingerprint density at radius 3 is 2.83 bits per heavy atom. The SMILES string of the molecule is C=C1CCC[C@H](N2Cc3c(CC(C)C)cccc3C2=O)C(=O)C1. The first-order valence-corrected chi connectivity index (χ1v) is 8.58. The molecule has 122 valence electrons. The third kappa shape index (κ3) is 3.10. The summed E-state index contributed by atoms with van der Waals surface area (Å²) in [6.07, 6.45) is 3.99. The molecule has 0 radical (unpaired) electrons. The summed E-state index contributed by atoms with van der Waals surface area (Å²) in [6.45, 7) is 8.93. The Labute approximate surface area is 138 Å². The molecule has 0 N–H and O–H groups in total. The highest BCUT2D eigenvalue weighted by molar-refractivity contribution is 6.02. The molecule has 1 heterocycles. The second kappa shape index (κ2) is 6.31. The Hall–Kier alpha value is -1.90. The number of benzene rings is 1. The van der Waals surface area contributed by atoms with Crippen molar-refractivity contribution in [3.05, 3.63) is 47.0 Å². The van der Waals surface area contributed by atoms with E-state index in [0.29, 0.717) is 18.9 Å². The average Bonchev–Trinajstić information content (AvgIpc) is 2.71. The van der Waals surface area contributed by atoms with Crippen molar-refractivity contribution in [3.8, 4) is 0 Å². The minimum absolute atomic E-state index is 0.0245. The molecular formula is C20H25NO2. The maximum atomic E-state index is 12.8. The van der Waals surface area contributed by atoms with Crippen LogP contribution in [0.2, 0.25) is 0 Å². The van der Waals surface area contributed by atoms with Crippen molar-refractivity contribution < 1.29 is 9.59 Å². The summed E-state index contributed by atoms with van der Waals surface area (Å²) in [4.78, 5) is 27.1. The molecule has 1 aliphatic heterocycles. The van der Waals surface area contributed by atoms with Gasteiger partial charge in [0.1, 0.15) is 0 Å². The molecule has 1 fully saturated rings. The first kappa shape index (κ1) is 16.0. The molecule has 1 atom stereocenters. The van der Waals surface area contributed by atoms with Crippen molar-refractivity contribution in [1.29, 1.82) is 0 Å². The third-order valence-corrected chi connectivity index (χ3v) is 4.90. The van der Waals surface area contributed by atoms with Gasteiger partial charge in [-0.3, -0.25) is 9.59 Å². The van der Waals surface area contributed by atoms with Crippen LogP contribution < -0.4 is 0 Å². The van der Waals surface area contributed by atoms with Crippen molar-refractivity contribution in [2.75, 3.05) is 0 Å². The van der Waals surface area contributed by atoms with Crippen LogP contribution in [0, 0.1) is 5.92 Å². The van der Waals surface area contributed by atoms with Crippen LogP contribution in [0.15, 0.2) is 30.4 Å². The Kier molecular flexibility index (Phi) is 4.38. The molecule has 1 aliphatic carbocycles. The van der Waals surface area contributed by atoms with Crippen LogP contribution in [0.1, 0.15) is 61.0 Å². The molecule has 0 aromatic heterocycles. The molecule has 0 saturated heterocycles. The Balaban J connectivity index is 1.88. The summed E-state index contributed by atoms with van der Waals surface area (Å²) in [5, 5.41) is 0. The zero-order chi connectivity index (χ0) is 16.6. The molecular weight excluding hydrogens is 286 g/mol. The first-order chi connectivity index (χ1) is 11.0. The van der Waals surface area contributed by atoms with E-state index in [2.05, 4.69) is 26.5 Å². The number of carbonyl (C=O) groups excluding carboxylic acids is 2. The van der Waals surface area contributed by atoms with Crippen molar-refractivity contribution in [1.82, 2.24) is 4.90 Å². The minimum atomic E-state index is -0.277. The van der Waals surface area contributed by atoms with Gasteiger partial charge in [-0.05, 0) is 48.8 Å². The van der Waals surface area contributed by atoms with Gasteiger partial charge in [0.2, 0.25) is 0 Å². The highest BCUT2D eigenvalue weighted by atomic mass is 16.2. The Morgan fingerprint density at radius 1 is 1.30 bits per heavy atom. The predicted molar refractivity (Wildman–Crippen MR) is 91.3 cm³/mol. The third-order valence-electron chi connectivity index (χ3n) is 4.90. The molecule has 0 spiro atoms. The molecule has 3 rings (SSSR count). The number of nitrogens with zero attached hydrogens (tertiary/aromatic N) is 1. The monoisotopic (exact) mass is 311 g/mol. The van der Waals surface area contributed by atoms with Crippen LogP contribution in [-0.2, 0) is 17.8 Å². The molecule has 23 heavy (non-hydrogen) atoms. The van der Waals surface area contributed by atoms with E-state index in [-0.39, 0.29) is 17.7 Å². The van der Waals surface area contributed by atoms with Gasteiger partial charge in [0.25, 0.3) is 5.91 Å².